The Morgan fingerprint density at radius 2 is 2.24 bits per heavy atom. The first-order valence-corrected chi connectivity index (χ1v) is 7.48. The molecule has 0 bridgehead atoms. The third-order valence-corrected chi connectivity index (χ3v) is 3.99. The molecule has 1 fully saturated rings. The Morgan fingerprint density at radius 3 is 2.90 bits per heavy atom. The van der Waals surface area contributed by atoms with E-state index in [1.54, 1.807) is 22.4 Å². The average molecular weight is 302 g/mol. The van der Waals surface area contributed by atoms with Gasteiger partial charge in [-0.2, -0.15) is 11.3 Å². The highest BCUT2D eigenvalue weighted by Crippen LogP contribution is 2.27. The number of hydrogen-bond acceptors (Lipinski definition) is 4. The molecule has 1 aromatic carbocycles. The van der Waals surface area contributed by atoms with Crippen LogP contribution >= 0.6 is 11.3 Å². The Kier molecular flexibility index (Phi) is 3.62. The largest absolute Gasteiger partial charge is 0.447 e. The van der Waals surface area contributed by atoms with Gasteiger partial charge in [0.25, 0.3) is 5.91 Å². The molecule has 1 aliphatic rings. The van der Waals surface area contributed by atoms with Crippen LogP contribution in [0.3, 0.4) is 0 Å². The van der Waals surface area contributed by atoms with Crippen LogP contribution in [0.2, 0.25) is 0 Å². The highest BCUT2D eigenvalue weighted by molar-refractivity contribution is 7.08. The molecule has 0 radical (unpaired) electrons. The summed E-state index contributed by atoms with van der Waals surface area (Å²) in [6.45, 7) is 2.84. The van der Waals surface area contributed by atoms with Crippen molar-refractivity contribution < 1.29 is 14.3 Å². The Labute approximate surface area is 126 Å². The molecule has 1 aliphatic heterocycles. The first-order chi connectivity index (χ1) is 10.1. The zero-order chi connectivity index (χ0) is 14.8. The Bertz CT molecular complexity index is 682. The predicted molar refractivity (Wildman–Crippen MR) is 82.1 cm³/mol. The third kappa shape index (κ3) is 2.75. The molecule has 1 aromatic heterocycles. The van der Waals surface area contributed by atoms with Crippen molar-refractivity contribution in [2.24, 2.45) is 0 Å². The van der Waals surface area contributed by atoms with E-state index in [2.05, 4.69) is 5.32 Å². The van der Waals surface area contributed by atoms with Gasteiger partial charge in [0.2, 0.25) is 0 Å². The Morgan fingerprint density at radius 1 is 1.38 bits per heavy atom. The summed E-state index contributed by atoms with van der Waals surface area (Å²) in [5.41, 5.74) is 3.01. The summed E-state index contributed by atoms with van der Waals surface area (Å²) in [5, 5.41) is 6.49. The molecular formula is C15H14N2O3S. The number of nitrogens with one attached hydrogen (secondary N) is 1. The molecule has 5 nitrogen and oxygen atoms in total. The smallest absolute Gasteiger partial charge is 0.414 e. The highest BCUT2D eigenvalue weighted by atomic mass is 32.1. The summed E-state index contributed by atoms with van der Waals surface area (Å²) in [4.78, 5) is 25.3. The van der Waals surface area contributed by atoms with Crippen molar-refractivity contribution in [2.75, 3.05) is 23.4 Å². The average Bonchev–Trinajstić information content (AvgIpc) is 3.12. The van der Waals surface area contributed by atoms with Crippen LogP contribution < -0.4 is 10.2 Å². The summed E-state index contributed by atoms with van der Waals surface area (Å²) in [5.74, 6) is -0.157. The SMILES string of the molecule is Cc1ccc(NC(=O)c2ccsc2)cc1N1CCOC1=O. The van der Waals surface area contributed by atoms with E-state index >= 15 is 0 Å². The molecule has 0 spiro atoms. The molecule has 0 aliphatic carbocycles. The maximum absolute atomic E-state index is 12.0. The molecule has 2 amide bonds. The number of cyclic esters (lactones) is 1. The van der Waals surface area contributed by atoms with Crippen molar-refractivity contribution in [2.45, 2.75) is 6.92 Å². The maximum Gasteiger partial charge on any atom is 0.414 e. The molecule has 1 saturated heterocycles. The summed E-state index contributed by atoms with van der Waals surface area (Å²) in [6, 6.07) is 7.27. The molecular weight excluding hydrogens is 288 g/mol. The molecule has 0 atom stereocenters. The van der Waals surface area contributed by atoms with Crippen LogP contribution in [0, 0.1) is 6.92 Å². The van der Waals surface area contributed by atoms with Gasteiger partial charge in [-0.1, -0.05) is 6.07 Å². The molecule has 3 rings (SSSR count). The minimum Gasteiger partial charge on any atom is -0.447 e. The van der Waals surface area contributed by atoms with Crippen molar-refractivity contribution in [1.82, 2.24) is 0 Å². The standard InChI is InChI=1S/C15H14N2O3S/c1-10-2-3-12(16-14(18)11-4-7-21-9-11)8-13(10)17-5-6-20-15(17)19/h2-4,7-9H,5-6H2,1H3,(H,16,18). The van der Waals surface area contributed by atoms with Crippen molar-refractivity contribution in [3.8, 4) is 0 Å². The summed E-state index contributed by atoms with van der Waals surface area (Å²) in [7, 11) is 0. The lowest BCUT2D eigenvalue weighted by molar-refractivity contribution is 0.102. The number of aryl methyl sites for hydroxylation is 1. The van der Waals surface area contributed by atoms with Crippen LogP contribution in [-0.2, 0) is 4.74 Å². The van der Waals surface area contributed by atoms with Crippen LogP contribution in [0.4, 0.5) is 16.2 Å². The number of benzene rings is 1. The first kappa shape index (κ1) is 13.6. The van der Waals surface area contributed by atoms with Gasteiger partial charge in [-0.15, -0.1) is 0 Å². The van der Waals surface area contributed by atoms with Crippen molar-refractivity contribution in [3.63, 3.8) is 0 Å². The molecule has 2 heterocycles. The lowest BCUT2D eigenvalue weighted by atomic mass is 10.1. The fourth-order valence-corrected chi connectivity index (χ4v) is 2.82. The van der Waals surface area contributed by atoms with Gasteiger partial charge in [0.1, 0.15) is 6.61 Å². The van der Waals surface area contributed by atoms with Gasteiger partial charge < -0.3 is 10.1 Å². The molecule has 2 aromatic rings. The lowest BCUT2D eigenvalue weighted by Crippen LogP contribution is -2.24. The summed E-state index contributed by atoms with van der Waals surface area (Å²) >= 11 is 1.47. The highest BCUT2D eigenvalue weighted by Gasteiger charge is 2.25. The van der Waals surface area contributed by atoms with Crippen molar-refractivity contribution in [1.29, 1.82) is 0 Å². The van der Waals surface area contributed by atoms with Gasteiger partial charge in [0.15, 0.2) is 0 Å². The maximum atomic E-state index is 12.0. The van der Waals surface area contributed by atoms with Crippen molar-refractivity contribution in [3.05, 3.63) is 46.2 Å². The molecule has 21 heavy (non-hydrogen) atoms. The fourth-order valence-electron chi connectivity index (χ4n) is 2.19. The third-order valence-electron chi connectivity index (χ3n) is 3.30. The fraction of sp³-hybridized carbons (Fsp3) is 0.200. The van der Waals surface area contributed by atoms with Crippen LogP contribution in [0.5, 0.6) is 0 Å². The zero-order valence-corrected chi connectivity index (χ0v) is 12.3. The zero-order valence-electron chi connectivity index (χ0n) is 11.5. The predicted octanol–water partition coefficient (Wildman–Crippen LogP) is 3.27. The molecule has 6 heteroatoms. The number of carbonyl (C=O) groups is 2. The van der Waals surface area contributed by atoms with Crippen LogP contribution in [0.1, 0.15) is 15.9 Å². The van der Waals surface area contributed by atoms with E-state index in [4.69, 9.17) is 4.74 Å². The molecule has 108 valence electrons. The second kappa shape index (κ2) is 5.57. The molecule has 0 saturated carbocycles. The van der Waals surface area contributed by atoms with E-state index in [-0.39, 0.29) is 12.0 Å². The molecule has 1 N–H and O–H groups in total. The minimum atomic E-state index is -0.348. The van der Waals surface area contributed by atoms with E-state index in [9.17, 15) is 9.59 Å². The second-order valence-electron chi connectivity index (χ2n) is 4.73. The number of carbonyl (C=O) groups excluding carboxylic acids is 2. The summed E-state index contributed by atoms with van der Waals surface area (Å²) in [6.07, 6.45) is -0.348. The van der Waals surface area contributed by atoms with E-state index in [0.717, 1.165) is 11.3 Å². The normalized spacial score (nSPS) is 14.1. The topological polar surface area (TPSA) is 58.6 Å². The number of hydrogen-bond donors (Lipinski definition) is 1. The van der Waals surface area contributed by atoms with Gasteiger partial charge in [-0.25, -0.2) is 4.79 Å². The second-order valence-corrected chi connectivity index (χ2v) is 5.51. The van der Waals surface area contributed by atoms with Crippen LogP contribution in [0.25, 0.3) is 0 Å². The first-order valence-electron chi connectivity index (χ1n) is 6.53. The van der Waals surface area contributed by atoms with Gasteiger partial charge in [-0.3, -0.25) is 9.69 Å². The van der Waals surface area contributed by atoms with Gasteiger partial charge in [-0.05, 0) is 36.1 Å². The van der Waals surface area contributed by atoms with Gasteiger partial charge in [0.05, 0.1) is 17.8 Å². The van der Waals surface area contributed by atoms with Crippen molar-refractivity contribution >= 4 is 34.7 Å². The summed E-state index contributed by atoms with van der Waals surface area (Å²) < 4.78 is 4.96. The number of anilines is 2. The Hall–Kier alpha value is -2.34. The monoisotopic (exact) mass is 302 g/mol. The Balaban J connectivity index is 1.84. The quantitative estimate of drug-likeness (QED) is 0.946. The number of ether oxygens (including phenoxy) is 1. The van der Waals surface area contributed by atoms with Crippen LogP contribution in [0.15, 0.2) is 35.0 Å². The van der Waals surface area contributed by atoms with Gasteiger partial charge in [0, 0.05) is 11.1 Å². The number of amides is 2. The van der Waals surface area contributed by atoms with Gasteiger partial charge >= 0.3 is 6.09 Å². The van der Waals surface area contributed by atoms with E-state index in [0.29, 0.717) is 24.4 Å². The lowest BCUT2D eigenvalue weighted by Gasteiger charge is -2.17. The van der Waals surface area contributed by atoms with Crippen LogP contribution in [-0.4, -0.2) is 25.2 Å². The van der Waals surface area contributed by atoms with E-state index in [1.807, 2.05) is 24.4 Å². The van der Waals surface area contributed by atoms with E-state index < -0.39 is 0 Å². The minimum absolute atomic E-state index is 0.157. The number of thiophene rings is 1. The van der Waals surface area contributed by atoms with E-state index in [1.165, 1.54) is 11.3 Å². The number of nitrogens with zero attached hydrogens (tertiary/aromatic N) is 1. The molecule has 0 unspecified atom stereocenters. The number of rotatable bonds is 3.